The van der Waals surface area contributed by atoms with Gasteiger partial charge in [-0.05, 0) is 69.9 Å². The molecule has 1 aromatic heterocycles. The summed E-state index contributed by atoms with van der Waals surface area (Å²) in [6, 6.07) is 18.7. The lowest BCUT2D eigenvalue weighted by Gasteiger charge is -2.36. The number of anilines is 2. The highest BCUT2D eigenvalue weighted by atomic mass is 16.1. The van der Waals surface area contributed by atoms with Crippen molar-refractivity contribution in [1.29, 1.82) is 0 Å². The van der Waals surface area contributed by atoms with Crippen molar-refractivity contribution in [3.8, 4) is 5.69 Å². The Morgan fingerprint density at radius 2 is 1.65 bits per heavy atom. The smallest absolute Gasteiger partial charge is 0.295 e. The van der Waals surface area contributed by atoms with Crippen LogP contribution in [0.1, 0.15) is 44.4 Å². The van der Waals surface area contributed by atoms with Gasteiger partial charge in [-0.3, -0.25) is 14.5 Å². The Balaban J connectivity index is 1.52. The first kappa shape index (κ1) is 21.0. The van der Waals surface area contributed by atoms with Gasteiger partial charge in [0, 0.05) is 24.8 Å². The molecule has 0 radical (unpaired) electrons. The molecule has 0 aliphatic carbocycles. The van der Waals surface area contributed by atoms with Gasteiger partial charge in [-0.2, -0.15) is 5.10 Å². The molecule has 1 N–H and O–H groups in total. The molecule has 0 bridgehead atoms. The number of nitrogens with one attached hydrogen (secondary N) is 1. The van der Waals surface area contributed by atoms with Gasteiger partial charge in [0.1, 0.15) is 5.69 Å². The second-order valence-electron chi connectivity index (χ2n) is 8.44. The maximum Gasteiger partial charge on any atom is 0.295 e. The zero-order valence-corrected chi connectivity index (χ0v) is 18.7. The van der Waals surface area contributed by atoms with Gasteiger partial charge in [0.05, 0.1) is 17.6 Å². The van der Waals surface area contributed by atoms with E-state index in [0.29, 0.717) is 17.8 Å². The molecule has 0 saturated carbocycles. The van der Waals surface area contributed by atoms with Crippen LogP contribution in [0.5, 0.6) is 0 Å². The maximum atomic E-state index is 13.1. The third-order valence-corrected chi connectivity index (χ3v) is 6.22. The summed E-state index contributed by atoms with van der Waals surface area (Å²) in [7, 11) is 1.90. The van der Waals surface area contributed by atoms with E-state index in [1.54, 1.807) is 4.68 Å². The molecule has 0 unspecified atom stereocenters. The van der Waals surface area contributed by atoms with Crippen LogP contribution in [0, 0.1) is 6.92 Å². The summed E-state index contributed by atoms with van der Waals surface area (Å²) in [5, 5.41) is 10.3. The van der Waals surface area contributed by atoms with Crippen LogP contribution in [-0.2, 0) is 7.05 Å². The fraction of sp³-hybridized carbons (Fsp3) is 0.360. The molecule has 3 aromatic rings. The molecule has 0 spiro atoms. The SMILES string of the molecule is Cc1c(Nc2ccc(/C=N\N3[C@H](C)CCC[C@H]3C)cc2)c(=O)n(-c2ccccc2)n1C. The van der Waals surface area contributed by atoms with E-state index in [9.17, 15) is 4.79 Å². The van der Waals surface area contributed by atoms with Gasteiger partial charge in [-0.25, -0.2) is 4.68 Å². The average molecular weight is 418 g/mol. The van der Waals surface area contributed by atoms with E-state index in [1.807, 2.05) is 79.5 Å². The molecule has 1 aliphatic rings. The van der Waals surface area contributed by atoms with E-state index in [4.69, 9.17) is 5.10 Å². The zero-order chi connectivity index (χ0) is 22.0. The lowest BCUT2D eigenvalue weighted by molar-refractivity contribution is 0.109. The van der Waals surface area contributed by atoms with Crippen molar-refractivity contribution in [1.82, 2.24) is 14.4 Å². The molecule has 4 rings (SSSR count). The van der Waals surface area contributed by atoms with Crippen molar-refractivity contribution in [2.45, 2.75) is 52.1 Å². The summed E-state index contributed by atoms with van der Waals surface area (Å²) in [6.45, 7) is 6.43. The highest BCUT2D eigenvalue weighted by Gasteiger charge is 2.22. The number of benzene rings is 2. The lowest BCUT2D eigenvalue weighted by Crippen LogP contribution is -2.39. The number of piperidine rings is 1. The first-order valence-electron chi connectivity index (χ1n) is 11.0. The summed E-state index contributed by atoms with van der Waals surface area (Å²) < 4.78 is 3.56. The van der Waals surface area contributed by atoms with E-state index >= 15 is 0 Å². The van der Waals surface area contributed by atoms with Gasteiger partial charge in [0.2, 0.25) is 0 Å². The number of nitrogens with zero attached hydrogens (tertiary/aromatic N) is 4. The van der Waals surface area contributed by atoms with Crippen LogP contribution in [0.25, 0.3) is 5.69 Å². The number of hydrogen-bond donors (Lipinski definition) is 1. The second kappa shape index (κ2) is 8.84. The first-order chi connectivity index (χ1) is 15.0. The minimum Gasteiger partial charge on any atom is -0.349 e. The van der Waals surface area contributed by atoms with E-state index in [-0.39, 0.29) is 5.56 Å². The number of para-hydroxylation sites is 1. The highest BCUT2D eigenvalue weighted by molar-refractivity contribution is 5.80. The maximum absolute atomic E-state index is 13.1. The predicted molar refractivity (Wildman–Crippen MR) is 128 cm³/mol. The molecule has 31 heavy (non-hydrogen) atoms. The topological polar surface area (TPSA) is 54.6 Å². The Labute approximate surface area is 183 Å². The molecule has 2 atom stereocenters. The normalized spacial score (nSPS) is 19.2. The van der Waals surface area contributed by atoms with Gasteiger partial charge in [-0.15, -0.1) is 0 Å². The van der Waals surface area contributed by atoms with E-state index in [1.165, 1.54) is 19.3 Å². The Morgan fingerprint density at radius 3 is 2.29 bits per heavy atom. The van der Waals surface area contributed by atoms with Crippen LogP contribution in [-0.4, -0.2) is 32.7 Å². The molecule has 2 aromatic carbocycles. The molecule has 6 heteroatoms. The average Bonchev–Trinajstić information content (AvgIpc) is 2.98. The molecule has 6 nitrogen and oxygen atoms in total. The van der Waals surface area contributed by atoms with Crippen LogP contribution >= 0.6 is 0 Å². The van der Waals surface area contributed by atoms with Crippen LogP contribution in [0.2, 0.25) is 0 Å². The molecule has 1 saturated heterocycles. The first-order valence-corrected chi connectivity index (χ1v) is 11.0. The lowest BCUT2D eigenvalue weighted by atomic mass is 10.00. The van der Waals surface area contributed by atoms with Crippen LogP contribution in [0.3, 0.4) is 0 Å². The summed E-state index contributed by atoms with van der Waals surface area (Å²) >= 11 is 0. The van der Waals surface area contributed by atoms with Crippen molar-refractivity contribution in [3.63, 3.8) is 0 Å². The molecule has 162 valence electrons. The molecule has 2 heterocycles. The summed E-state index contributed by atoms with van der Waals surface area (Å²) in [5.41, 5.74) is 4.17. The summed E-state index contributed by atoms with van der Waals surface area (Å²) in [5.74, 6) is 0. The Hall–Kier alpha value is -3.28. The van der Waals surface area contributed by atoms with Gasteiger partial charge in [0.25, 0.3) is 5.56 Å². The largest absolute Gasteiger partial charge is 0.349 e. The van der Waals surface area contributed by atoms with Gasteiger partial charge in [-0.1, -0.05) is 30.3 Å². The van der Waals surface area contributed by atoms with Gasteiger partial charge in [0.15, 0.2) is 0 Å². The monoisotopic (exact) mass is 417 g/mol. The minimum absolute atomic E-state index is 0.0649. The van der Waals surface area contributed by atoms with Gasteiger partial charge >= 0.3 is 0 Å². The second-order valence-corrected chi connectivity index (χ2v) is 8.44. The number of rotatable bonds is 5. The zero-order valence-electron chi connectivity index (χ0n) is 18.7. The molecule has 0 amide bonds. The Morgan fingerprint density at radius 1 is 1.00 bits per heavy atom. The quantitative estimate of drug-likeness (QED) is 0.605. The standard InChI is InChI=1S/C25H31N5O/c1-18-9-8-10-19(2)29(18)26-17-21-13-15-22(16-14-21)27-24-20(3)28(4)30(25(24)31)23-11-6-5-7-12-23/h5-7,11-19,27H,8-10H2,1-4H3/b26-17-/t18-,19-/m1/s1. The van der Waals surface area contributed by atoms with Crippen molar-refractivity contribution >= 4 is 17.6 Å². The molecular weight excluding hydrogens is 386 g/mol. The van der Waals surface area contributed by atoms with Crippen LogP contribution in [0.15, 0.2) is 64.5 Å². The fourth-order valence-electron chi connectivity index (χ4n) is 4.28. The van der Waals surface area contributed by atoms with Crippen LogP contribution < -0.4 is 10.9 Å². The number of hydrazone groups is 1. The molecule has 1 fully saturated rings. The summed E-state index contributed by atoms with van der Waals surface area (Å²) in [6.07, 6.45) is 5.60. The van der Waals surface area contributed by atoms with Crippen molar-refractivity contribution < 1.29 is 0 Å². The molecule has 1 aliphatic heterocycles. The number of aromatic nitrogens is 2. The van der Waals surface area contributed by atoms with E-state index in [0.717, 1.165) is 22.6 Å². The summed E-state index contributed by atoms with van der Waals surface area (Å²) in [4.78, 5) is 13.1. The van der Waals surface area contributed by atoms with Gasteiger partial charge < -0.3 is 5.32 Å². The van der Waals surface area contributed by atoms with Crippen molar-refractivity contribution in [3.05, 3.63) is 76.2 Å². The predicted octanol–water partition coefficient (Wildman–Crippen LogP) is 4.82. The third kappa shape index (κ3) is 4.29. The van der Waals surface area contributed by atoms with E-state index < -0.39 is 0 Å². The van der Waals surface area contributed by atoms with E-state index in [2.05, 4.69) is 24.2 Å². The third-order valence-electron chi connectivity index (χ3n) is 6.22. The van der Waals surface area contributed by atoms with Crippen molar-refractivity contribution in [2.24, 2.45) is 12.1 Å². The highest BCUT2D eigenvalue weighted by Crippen LogP contribution is 2.23. The van der Waals surface area contributed by atoms with Crippen molar-refractivity contribution in [2.75, 3.05) is 5.32 Å². The minimum atomic E-state index is -0.0649. The Bertz CT molecular complexity index is 1100. The van der Waals surface area contributed by atoms with Crippen LogP contribution in [0.4, 0.5) is 11.4 Å². The molecular formula is C25H31N5O. The Kier molecular flexibility index (Phi) is 5.98. The fourth-order valence-corrected chi connectivity index (χ4v) is 4.28. The number of hydrogen-bond acceptors (Lipinski definition) is 4.